The van der Waals surface area contributed by atoms with Gasteiger partial charge in [0.05, 0.1) is 18.8 Å². The fourth-order valence-corrected chi connectivity index (χ4v) is 3.65. The van der Waals surface area contributed by atoms with Gasteiger partial charge in [-0.3, -0.25) is 4.79 Å². The summed E-state index contributed by atoms with van der Waals surface area (Å²) >= 11 is 0. The average Bonchev–Trinajstić information content (AvgIpc) is 2.69. The third-order valence-corrected chi connectivity index (χ3v) is 5.62. The number of carbonyl (C=O) groups is 1. The van der Waals surface area contributed by atoms with E-state index >= 15 is 0 Å². The third-order valence-electron chi connectivity index (χ3n) is 5.62. The molecule has 2 atom stereocenters. The lowest BCUT2D eigenvalue weighted by molar-refractivity contribution is -0.123. The summed E-state index contributed by atoms with van der Waals surface area (Å²) < 4.78 is 0. The Balaban J connectivity index is 3.50. The van der Waals surface area contributed by atoms with Gasteiger partial charge in [0.25, 0.3) is 0 Å². The summed E-state index contributed by atoms with van der Waals surface area (Å²) in [7, 11) is 0. The van der Waals surface area contributed by atoms with Crippen LogP contribution in [0.2, 0.25) is 0 Å². The normalized spacial score (nSPS) is 13.4. The van der Waals surface area contributed by atoms with Crippen LogP contribution in [0.15, 0.2) is 0 Å². The molecule has 168 valence electrons. The molecule has 0 aliphatic carbocycles. The Kier molecular flexibility index (Phi) is 20.6. The van der Waals surface area contributed by atoms with E-state index in [1.807, 2.05) is 0 Å². The summed E-state index contributed by atoms with van der Waals surface area (Å²) in [5.41, 5.74) is 0. The van der Waals surface area contributed by atoms with Crippen LogP contribution < -0.4 is 5.32 Å². The second kappa shape index (κ2) is 21.1. The summed E-state index contributed by atoms with van der Waals surface area (Å²) in [5, 5.41) is 22.3. The Hall–Kier alpha value is -0.610. The van der Waals surface area contributed by atoms with Crippen molar-refractivity contribution in [2.75, 3.05) is 6.61 Å². The quantitative estimate of drug-likeness (QED) is 0.211. The highest BCUT2D eigenvalue weighted by molar-refractivity contribution is 5.76. The van der Waals surface area contributed by atoms with Gasteiger partial charge in [0.15, 0.2) is 0 Å². The number of carbonyl (C=O) groups excluding carboxylic acids is 1. The number of rotatable bonds is 21. The second-order valence-electron chi connectivity index (χ2n) is 8.41. The van der Waals surface area contributed by atoms with Gasteiger partial charge in [0.1, 0.15) is 0 Å². The zero-order valence-corrected chi connectivity index (χ0v) is 18.9. The Morgan fingerprint density at radius 1 is 0.714 bits per heavy atom. The molecule has 0 saturated carbocycles. The van der Waals surface area contributed by atoms with Crippen molar-refractivity contribution in [3.8, 4) is 0 Å². The van der Waals surface area contributed by atoms with Crippen LogP contribution in [0, 0.1) is 0 Å². The standard InChI is InChI=1S/C24H49NO3/c1-3-5-7-8-9-10-11-12-13-14-15-16-18-20-24(28)25-22(21-26)23(27)19-17-6-4-2/h22-23,26-27H,3-21H2,1-2H3,(H,25,28). The van der Waals surface area contributed by atoms with Gasteiger partial charge in [-0.05, 0) is 12.8 Å². The number of hydrogen-bond acceptors (Lipinski definition) is 3. The van der Waals surface area contributed by atoms with E-state index in [-0.39, 0.29) is 12.5 Å². The number of nitrogens with one attached hydrogen (secondary N) is 1. The Morgan fingerprint density at radius 2 is 1.14 bits per heavy atom. The fourth-order valence-electron chi connectivity index (χ4n) is 3.65. The molecule has 0 aromatic carbocycles. The van der Waals surface area contributed by atoms with Crippen molar-refractivity contribution >= 4 is 5.91 Å². The topological polar surface area (TPSA) is 69.6 Å². The first-order chi connectivity index (χ1) is 13.7. The molecule has 0 aromatic rings. The van der Waals surface area contributed by atoms with Crippen LogP contribution in [0.3, 0.4) is 0 Å². The summed E-state index contributed by atoms with van der Waals surface area (Å²) in [4.78, 5) is 12.0. The summed E-state index contributed by atoms with van der Waals surface area (Å²) in [6.45, 7) is 4.18. The first-order valence-electron chi connectivity index (χ1n) is 12.2. The minimum atomic E-state index is -0.646. The van der Waals surface area contributed by atoms with Gasteiger partial charge in [-0.2, -0.15) is 0 Å². The average molecular weight is 400 g/mol. The maximum Gasteiger partial charge on any atom is 0.220 e. The molecule has 0 spiro atoms. The van der Waals surface area contributed by atoms with Crippen molar-refractivity contribution in [3.63, 3.8) is 0 Å². The highest BCUT2D eigenvalue weighted by Gasteiger charge is 2.19. The molecule has 0 heterocycles. The molecule has 4 nitrogen and oxygen atoms in total. The molecular formula is C24H49NO3. The Morgan fingerprint density at radius 3 is 1.61 bits per heavy atom. The van der Waals surface area contributed by atoms with Crippen LogP contribution in [0.1, 0.15) is 129 Å². The molecule has 0 fully saturated rings. The van der Waals surface area contributed by atoms with Gasteiger partial charge >= 0.3 is 0 Å². The van der Waals surface area contributed by atoms with Gasteiger partial charge in [-0.15, -0.1) is 0 Å². The maximum atomic E-state index is 12.0. The predicted octanol–water partition coefficient (Wildman–Crippen LogP) is 5.89. The van der Waals surface area contributed by atoms with E-state index in [1.54, 1.807) is 0 Å². The smallest absolute Gasteiger partial charge is 0.220 e. The summed E-state index contributed by atoms with van der Waals surface area (Å²) in [6.07, 6.45) is 20.4. The van der Waals surface area contributed by atoms with Crippen molar-refractivity contribution in [1.82, 2.24) is 5.32 Å². The van der Waals surface area contributed by atoms with Crippen LogP contribution in [0.4, 0.5) is 0 Å². The third kappa shape index (κ3) is 17.5. The van der Waals surface area contributed by atoms with Crippen LogP contribution in [-0.4, -0.2) is 34.9 Å². The largest absolute Gasteiger partial charge is 0.394 e. The van der Waals surface area contributed by atoms with E-state index in [0.717, 1.165) is 32.1 Å². The van der Waals surface area contributed by atoms with Gasteiger partial charge < -0.3 is 15.5 Å². The predicted molar refractivity (Wildman–Crippen MR) is 119 cm³/mol. The first-order valence-corrected chi connectivity index (χ1v) is 12.2. The molecule has 0 aromatic heterocycles. The molecule has 2 unspecified atom stereocenters. The molecule has 0 bridgehead atoms. The van der Waals surface area contributed by atoms with Crippen molar-refractivity contribution in [1.29, 1.82) is 0 Å². The highest BCUT2D eigenvalue weighted by Crippen LogP contribution is 2.13. The zero-order valence-electron chi connectivity index (χ0n) is 18.9. The van der Waals surface area contributed by atoms with Crippen molar-refractivity contribution in [2.24, 2.45) is 0 Å². The molecule has 1 amide bonds. The van der Waals surface area contributed by atoms with Gasteiger partial charge in [0, 0.05) is 6.42 Å². The van der Waals surface area contributed by atoms with Crippen LogP contribution in [0.5, 0.6) is 0 Å². The number of aliphatic hydroxyl groups excluding tert-OH is 2. The molecule has 0 aliphatic rings. The van der Waals surface area contributed by atoms with Crippen molar-refractivity contribution in [3.05, 3.63) is 0 Å². The molecule has 0 radical (unpaired) electrons. The van der Waals surface area contributed by atoms with Crippen LogP contribution in [0.25, 0.3) is 0 Å². The highest BCUT2D eigenvalue weighted by atomic mass is 16.3. The first kappa shape index (κ1) is 27.4. The minimum Gasteiger partial charge on any atom is -0.394 e. The number of amides is 1. The molecule has 0 rings (SSSR count). The Bertz CT molecular complexity index is 336. The van der Waals surface area contributed by atoms with Gasteiger partial charge in [-0.25, -0.2) is 0 Å². The molecule has 0 aliphatic heterocycles. The number of unbranched alkanes of at least 4 members (excludes halogenated alkanes) is 14. The lowest BCUT2D eigenvalue weighted by Crippen LogP contribution is -2.45. The van der Waals surface area contributed by atoms with E-state index < -0.39 is 12.1 Å². The number of aliphatic hydroxyl groups is 2. The molecule has 3 N–H and O–H groups in total. The second-order valence-corrected chi connectivity index (χ2v) is 8.41. The minimum absolute atomic E-state index is 0.0448. The van der Waals surface area contributed by atoms with Gasteiger partial charge in [0.2, 0.25) is 5.91 Å². The summed E-state index contributed by atoms with van der Waals surface area (Å²) in [5.74, 6) is -0.0448. The van der Waals surface area contributed by atoms with Crippen molar-refractivity contribution in [2.45, 2.75) is 142 Å². The maximum absolute atomic E-state index is 12.0. The van der Waals surface area contributed by atoms with Crippen LogP contribution in [-0.2, 0) is 4.79 Å². The van der Waals surface area contributed by atoms with Crippen molar-refractivity contribution < 1.29 is 15.0 Å². The van der Waals surface area contributed by atoms with E-state index in [9.17, 15) is 15.0 Å². The lowest BCUT2D eigenvalue weighted by Gasteiger charge is -2.22. The monoisotopic (exact) mass is 399 g/mol. The van der Waals surface area contributed by atoms with E-state index in [0.29, 0.717) is 12.8 Å². The van der Waals surface area contributed by atoms with Gasteiger partial charge in [-0.1, -0.05) is 110 Å². The Labute approximate surface area is 174 Å². The zero-order chi connectivity index (χ0) is 20.9. The lowest BCUT2D eigenvalue weighted by atomic mass is 10.0. The molecular weight excluding hydrogens is 350 g/mol. The SMILES string of the molecule is CCCCCCCCCCCCCCCC(=O)NC(CO)C(O)CCCCC. The van der Waals surface area contributed by atoms with E-state index in [4.69, 9.17) is 0 Å². The molecule has 28 heavy (non-hydrogen) atoms. The van der Waals surface area contributed by atoms with Crippen LogP contribution >= 0.6 is 0 Å². The molecule has 4 heteroatoms. The fraction of sp³-hybridized carbons (Fsp3) is 0.958. The molecule has 0 saturated heterocycles. The summed E-state index contributed by atoms with van der Waals surface area (Å²) in [6, 6.07) is -0.522. The van der Waals surface area contributed by atoms with E-state index in [1.165, 1.54) is 70.6 Å². The van der Waals surface area contributed by atoms with E-state index in [2.05, 4.69) is 19.2 Å². The number of hydrogen-bond donors (Lipinski definition) is 3.